The highest BCUT2D eigenvalue weighted by Crippen LogP contribution is 2.72. The van der Waals surface area contributed by atoms with Gasteiger partial charge in [-0.3, -0.25) is 4.90 Å². The van der Waals surface area contributed by atoms with E-state index >= 15 is 0 Å². The Labute approximate surface area is 217 Å². The first-order valence-electron chi connectivity index (χ1n) is 13.3. The summed E-state index contributed by atoms with van der Waals surface area (Å²) in [5.41, 5.74) is -1.89. The molecular formula is C29H37NO7. The molecule has 1 unspecified atom stereocenters. The second-order valence-electron chi connectivity index (χ2n) is 12.3. The minimum atomic E-state index is -2.05. The molecule has 2 saturated carbocycles. The molecule has 8 nitrogen and oxygen atoms in total. The highest BCUT2D eigenvalue weighted by molar-refractivity contribution is 5.90. The molecule has 1 amide bonds. The lowest BCUT2D eigenvalue weighted by atomic mass is 9.58. The number of aliphatic hydroxyl groups is 4. The van der Waals surface area contributed by atoms with Gasteiger partial charge < -0.3 is 29.9 Å². The monoisotopic (exact) mass is 511 g/mol. The van der Waals surface area contributed by atoms with Crippen molar-refractivity contribution in [3.05, 3.63) is 47.6 Å². The average Bonchev–Trinajstić information content (AvgIpc) is 3.37. The van der Waals surface area contributed by atoms with Crippen LogP contribution in [0.15, 0.2) is 47.6 Å². The highest BCUT2D eigenvalue weighted by atomic mass is 16.6. The Kier molecular flexibility index (Phi) is 5.43. The molecule has 5 aliphatic rings. The van der Waals surface area contributed by atoms with Gasteiger partial charge in [0.1, 0.15) is 24.1 Å². The van der Waals surface area contributed by atoms with Crippen LogP contribution in [0, 0.1) is 34.5 Å². The molecule has 6 rings (SSSR count). The number of hydrogen-bond acceptors (Lipinski definition) is 7. The average molecular weight is 512 g/mol. The van der Waals surface area contributed by atoms with Gasteiger partial charge in [0.05, 0.1) is 30.4 Å². The van der Waals surface area contributed by atoms with Crippen LogP contribution in [0.5, 0.6) is 5.75 Å². The molecule has 0 saturated heterocycles. The number of carbonyl (C=O) groups is 1. The van der Waals surface area contributed by atoms with Crippen molar-refractivity contribution in [2.24, 2.45) is 34.5 Å². The van der Waals surface area contributed by atoms with Crippen LogP contribution >= 0.6 is 0 Å². The minimum Gasteiger partial charge on any atom is -0.490 e. The van der Waals surface area contributed by atoms with E-state index in [-0.39, 0.29) is 35.3 Å². The number of hydrogen-bond donors (Lipinski definition) is 4. The fourth-order valence-electron chi connectivity index (χ4n) is 8.43. The number of aliphatic hydroxyl groups excluding tert-OH is 3. The van der Waals surface area contributed by atoms with Crippen molar-refractivity contribution in [2.75, 3.05) is 24.7 Å². The Morgan fingerprint density at radius 1 is 1.24 bits per heavy atom. The molecule has 1 aromatic rings. The summed E-state index contributed by atoms with van der Waals surface area (Å²) in [4.78, 5) is 15.0. The van der Waals surface area contributed by atoms with Crippen LogP contribution < -0.4 is 9.64 Å². The summed E-state index contributed by atoms with van der Waals surface area (Å²) in [6.45, 7) is 8.27. The first kappa shape index (κ1) is 24.9. The normalized spacial score (nSPS) is 43.1. The second kappa shape index (κ2) is 8.06. The van der Waals surface area contributed by atoms with Crippen molar-refractivity contribution in [3.8, 4) is 5.75 Å². The smallest absolute Gasteiger partial charge is 0.415 e. The van der Waals surface area contributed by atoms with E-state index in [1.165, 1.54) is 4.90 Å². The first-order valence-corrected chi connectivity index (χ1v) is 13.3. The van der Waals surface area contributed by atoms with Gasteiger partial charge in [-0.2, -0.15) is 0 Å². The summed E-state index contributed by atoms with van der Waals surface area (Å²) in [6, 6.07) is 7.18. The lowest BCUT2D eigenvalue weighted by Gasteiger charge is -2.52. The van der Waals surface area contributed by atoms with E-state index < -0.39 is 42.0 Å². The van der Waals surface area contributed by atoms with Gasteiger partial charge in [0.25, 0.3) is 0 Å². The van der Waals surface area contributed by atoms with E-state index in [0.717, 1.165) is 6.42 Å². The van der Waals surface area contributed by atoms with E-state index in [2.05, 4.69) is 13.8 Å². The molecule has 4 N–H and O–H groups in total. The second-order valence-corrected chi connectivity index (χ2v) is 12.3. The maximum Gasteiger partial charge on any atom is 0.415 e. The van der Waals surface area contributed by atoms with E-state index in [4.69, 9.17) is 9.47 Å². The summed E-state index contributed by atoms with van der Waals surface area (Å²) in [5.74, 6) is 0.519. The van der Waals surface area contributed by atoms with Crippen molar-refractivity contribution >= 4 is 11.8 Å². The number of amides is 1. The zero-order chi connectivity index (χ0) is 26.5. The van der Waals surface area contributed by atoms with Crippen LogP contribution in [0.3, 0.4) is 0 Å². The van der Waals surface area contributed by atoms with Crippen LogP contribution in [-0.2, 0) is 4.74 Å². The summed E-state index contributed by atoms with van der Waals surface area (Å²) >= 11 is 0. The molecule has 200 valence electrons. The predicted molar refractivity (Wildman–Crippen MR) is 136 cm³/mol. The van der Waals surface area contributed by atoms with Crippen LogP contribution in [0.2, 0.25) is 0 Å². The van der Waals surface area contributed by atoms with Crippen molar-refractivity contribution in [2.45, 2.75) is 58.0 Å². The lowest BCUT2D eigenvalue weighted by molar-refractivity contribution is -0.215. The first-order chi connectivity index (χ1) is 17.5. The number of benzene rings is 1. The minimum absolute atomic E-state index is 0.0128. The third kappa shape index (κ3) is 3.07. The largest absolute Gasteiger partial charge is 0.490 e. The molecule has 0 radical (unpaired) electrons. The number of para-hydroxylation sites is 2. The van der Waals surface area contributed by atoms with E-state index in [9.17, 15) is 25.2 Å². The molecule has 1 heterocycles. The van der Waals surface area contributed by atoms with E-state index in [0.29, 0.717) is 29.5 Å². The van der Waals surface area contributed by atoms with E-state index in [1.807, 2.05) is 19.1 Å². The van der Waals surface area contributed by atoms with Gasteiger partial charge in [0.15, 0.2) is 6.10 Å². The van der Waals surface area contributed by atoms with Crippen molar-refractivity contribution in [1.82, 2.24) is 0 Å². The number of fused-ring (bicyclic) bond motifs is 4. The maximum atomic E-state index is 13.6. The summed E-state index contributed by atoms with van der Waals surface area (Å²) in [7, 11) is 0. The number of rotatable bonds is 2. The van der Waals surface area contributed by atoms with Crippen LogP contribution in [-0.4, -0.2) is 70.2 Å². The molecule has 2 fully saturated rings. The molecule has 9 atom stereocenters. The predicted octanol–water partition coefficient (Wildman–Crippen LogP) is 2.65. The van der Waals surface area contributed by atoms with Gasteiger partial charge in [-0.05, 0) is 59.8 Å². The van der Waals surface area contributed by atoms with Crippen LogP contribution in [0.4, 0.5) is 10.5 Å². The lowest BCUT2D eigenvalue weighted by Crippen LogP contribution is -2.67. The highest BCUT2D eigenvalue weighted by Gasteiger charge is 2.76. The fraction of sp³-hybridized carbons (Fsp3) is 0.621. The van der Waals surface area contributed by atoms with Gasteiger partial charge in [-0.1, -0.05) is 45.1 Å². The number of carbonyl (C=O) groups excluding carboxylic acids is 1. The van der Waals surface area contributed by atoms with Crippen LogP contribution in [0.25, 0.3) is 0 Å². The number of nitrogens with zero attached hydrogens (tertiary/aromatic N) is 1. The van der Waals surface area contributed by atoms with Gasteiger partial charge in [0, 0.05) is 5.92 Å². The van der Waals surface area contributed by atoms with Crippen molar-refractivity contribution in [1.29, 1.82) is 0 Å². The maximum absolute atomic E-state index is 13.6. The molecule has 37 heavy (non-hydrogen) atoms. The number of anilines is 1. The molecule has 0 aromatic heterocycles. The summed E-state index contributed by atoms with van der Waals surface area (Å²) in [6.07, 6.45) is -0.0378. The van der Waals surface area contributed by atoms with Crippen molar-refractivity contribution < 1.29 is 34.7 Å². The zero-order valence-electron chi connectivity index (χ0n) is 21.8. The molecule has 1 spiro atoms. The summed E-state index contributed by atoms with van der Waals surface area (Å²) < 4.78 is 11.7. The topological polar surface area (TPSA) is 120 Å². The third-order valence-corrected chi connectivity index (χ3v) is 10.3. The Balaban J connectivity index is 1.42. The van der Waals surface area contributed by atoms with Gasteiger partial charge in [0.2, 0.25) is 0 Å². The summed E-state index contributed by atoms with van der Waals surface area (Å²) in [5, 5.41) is 46.6. The Morgan fingerprint density at radius 3 is 2.70 bits per heavy atom. The molecule has 1 aliphatic heterocycles. The molecular weight excluding hydrogens is 474 g/mol. The van der Waals surface area contributed by atoms with Gasteiger partial charge in [-0.25, -0.2) is 4.79 Å². The Morgan fingerprint density at radius 2 is 1.97 bits per heavy atom. The molecule has 2 bridgehead atoms. The van der Waals surface area contributed by atoms with Gasteiger partial charge in [-0.15, -0.1) is 0 Å². The molecule has 4 aliphatic carbocycles. The van der Waals surface area contributed by atoms with Crippen LogP contribution in [0.1, 0.15) is 34.1 Å². The SMILES string of the molecule is CC1=C[C@]23C(O)[C@@H](C=C(CO)[C@@H](O)[C@]2(O)[C@H]1OC(=O)N1CCOc2ccccc21)[C@H]1[C@@H](C[C@H]3C)C1(C)C. The van der Waals surface area contributed by atoms with Crippen molar-refractivity contribution in [3.63, 3.8) is 0 Å². The van der Waals surface area contributed by atoms with E-state index in [1.54, 1.807) is 31.2 Å². The zero-order valence-corrected chi connectivity index (χ0v) is 21.8. The quantitative estimate of drug-likeness (QED) is 0.451. The van der Waals surface area contributed by atoms with Gasteiger partial charge >= 0.3 is 6.09 Å². The Hall–Kier alpha value is -2.39. The third-order valence-electron chi connectivity index (χ3n) is 10.3. The molecule has 8 heteroatoms. The fourth-order valence-corrected chi connectivity index (χ4v) is 8.43. The Bertz CT molecular complexity index is 1190. The number of ether oxygens (including phenoxy) is 2. The molecule has 1 aromatic carbocycles. The standard InChI is InChI=1S/C29H37NO7/c1-15-13-28-16(2)11-19-22(27(19,3)4)18(24(28)33)12-17(14-31)23(32)29(28,35)25(15)37-26(34)30-9-10-36-21-8-6-5-7-20(21)30/h5-8,12-13,16,18-19,22-25,31-33,35H,9-11,14H2,1-4H3/t16-,18+,19-,22+,23-,24?,25+,28+,29+/m1/s1.